The topological polar surface area (TPSA) is 61.8 Å². The molecule has 0 fully saturated rings. The molecule has 0 spiro atoms. The number of carbonyl (C=O) groups is 2. The summed E-state index contributed by atoms with van der Waals surface area (Å²) in [4.78, 5) is 23.8. The van der Waals surface area contributed by atoms with E-state index in [-0.39, 0.29) is 0 Å². The maximum Gasteiger partial charge on any atom is 0.343 e. The third kappa shape index (κ3) is 6.40. The smallest absolute Gasteiger partial charge is 0.343 e. The lowest BCUT2D eigenvalue weighted by molar-refractivity contribution is 0.0600. The van der Waals surface area contributed by atoms with Gasteiger partial charge in [0, 0.05) is 0 Å². The SMILES string of the molecule is CCCCCCOc1ccc(C(=O)Oc2ccc(C(=O)OC)cc2Br)cc1. The molecule has 5 nitrogen and oxygen atoms in total. The highest BCUT2D eigenvalue weighted by Crippen LogP contribution is 2.27. The number of unbranched alkanes of at least 4 members (excludes halogenated alkanes) is 3. The molecule has 0 bridgehead atoms. The normalized spacial score (nSPS) is 10.3. The number of carbonyl (C=O) groups excluding carboxylic acids is 2. The number of benzene rings is 2. The summed E-state index contributed by atoms with van der Waals surface area (Å²) in [5.74, 6) is 0.102. The van der Waals surface area contributed by atoms with Crippen molar-refractivity contribution in [3.8, 4) is 11.5 Å². The molecule has 6 heteroatoms. The summed E-state index contributed by atoms with van der Waals surface area (Å²) >= 11 is 3.30. The van der Waals surface area contributed by atoms with Gasteiger partial charge in [-0.3, -0.25) is 0 Å². The molecule has 0 saturated carbocycles. The van der Waals surface area contributed by atoms with Gasteiger partial charge in [0.2, 0.25) is 0 Å². The van der Waals surface area contributed by atoms with Crippen molar-refractivity contribution in [1.29, 1.82) is 0 Å². The van der Waals surface area contributed by atoms with Gasteiger partial charge >= 0.3 is 11.9 Å². The van der Waals surface area contributed by atoms with Crippen molar-refractivity contribution in [2.24, 2.45) is 0 Å². The summed E-state index contributed by atoms with van der Waals surface area (Å²) in [5.41, 5.74) is 0.780. The van der Waals surface area contributed by atoms with E-state index >= 15 is 0 Å². The Balaban J connectivity index is 1.93. The fourth-order valence-electron chi connectivity index (χ4n) is 2.39. The summed E-state index contributed by atoms with van der Waals surface area (Å²) in [6.07, 6.45) is 4.58. The van der Waals surface area contributed by atoms with Crippen LogP contribution in [0.1, 0.15) is 53.3 Å². The first-order chi connectivity index (χ1) is 13.0. The van der Waals surface area contributed by atoms with E-state index in [0.717, 1.165) is 18.6 Å². The van der Waals surface area contributed by atoms with Crippen LogP contribution in [-0.2, 0) is 4.74 Å². The molecule has 0 aliphatic rings. The standard InChI is InChI=1S/C21H23BrO5/c1-3-4-5-6-13-26-17-10-7-15(8-11-17)21(24)27-19-12-9-16(14-18(19)22)20(23)25-2/h7-12,14H,3-6,13H2,1-2H3. The zero-order chi connectivity index (χ0) is 19.6. The lowest BCUT2D eigenvalue weighted by Gasteiger charge is -2.09. The predicted octanol–water partition coefficient (Wildman–Crippen LogP) is 5.41. The predicted molar refractivity (Wildman–Crippen MR) is 107 cm³/mol. The van der Waals surface area contributed by atoms with Gasteiger partial charge in [0.25, 0.3) is 0 Å². The van der Waals surface area contributed by atoms with E-state index in [1.807, 2.05) is 0 Å². The number of methoxy groups -OCH3 is 1. The lowest BCUT2D eigenvalue weighted by atomic mass is 10.2. The molecule has 0 atom stereocenters. The number of rotatable bonds is 9. The Bertz CT molecular complexity index is 771. The van der Waals surface area contributed by atoms with Gasteiger partial charge in [-0.05, 0) is 64.8 Å². The zero-order valence-corrected chi connectivity index (χ0v) is 17.1. The average Bonchev–Trinajstić information content (AvgIpc) is 2.69. The number of ether oxygens (including phenoxy) is 3. The molecule has 144 valence electrons. The van der Waals surface area contributed by atoms with Crippen molar-refractivity contribution in [1.82, 2.24) is 0 Å². The quantitative estimate of drug-likeness (QED) is 0.299. The average molecular weight is 435 g/mol. The van der Waals surface area contributed by atoms with Gasteiger partial charge in [-0.25, -0.2) is 9.59 Å². The molecule has 0 unspecified atom stereocenters. The lowest BCUT2D eigenvalue weighted by Crippen LogP contribution is -2.09. The molecule has 0 aliphatic heterocycles. The van der Waals surface area contributed by atoms with Crippen LogP contribution in [0.2, 0.25) is 0 Å². The van der Waals surface area contributed by atoms with Gasteiger partial charge in [0.1, 0.15) is 11.5 Å². The van der Waals surface area contributed by atoms with E-state index < -0.39 is 11.9 Å². The van der Waals surface area contributed by atoms with Crippen molar-refractivity contribution in [2.45, 2.75) is 32.6 Å². The van der Waals surface area contributed by atoms with E-state index in [2.05, 4.69) is 27.6 Å². The summed E-state index contributed by atoms with van der Waals surface area (Å²) in [7, 11) is 1.31. The van der Waals surface area contributed by atoms with Crippen molar-refractivity contribution < 1.29 is 23.8 Å². The van der Waals surface area contributed by atoms with E-state index in [1.54, 1.807) is 36.4 Å². The highest BCUT2D eigenvalue weighted by molar-refractivity contribution is 9.10. The Kier molecular flexibility index (Phi) is 8.33. The third-order valence-electron chi connectivity index (χ3n) is 3.91. The summed E-state index contributed by atoms with van der Waals surface area (Å²) < 4.78 is 16.2. The van der Waals surface area contributed by atoms with Crippen molar-refractivity contribution in [3.05, 3.63) is 58.1 Å². The van der Waals surface area contributed by atoms with Gasteiger partial charge in [-0.2, -0.15) is 0 Å². The number of esters is 2. The van der Waals surface area contributed by atoms with E-state index in [4.69, 9.17) is 9.47 Å². The fraction of sp³-hybridized carbons (Fsp3) is 0.333. The van der Waals surface area contributed by atoms with Crippen molar-refractivity contribution >= 4 is 27.9 Å². The minimum absolute atomic E-state index is 0.323. The molecule has 0 aliphatic carbocycles. The van der Waals surface area contributed by atoms with Gasteiger partial charge in [-0.15, -0.1) is 0 Å². The molecular formula is C21H23BrO5. The maximum absolute atomic E-state index is 12.3. The van der Waals surface area contributed by atoms with E-state index in [0.29, 0.717) is 28.0 Å². The molecule has 0 saturated heterocycles. The molecule has 0 heterocycles. The van der Waals surface area contributed by atoms with Crippen LogP contribution in [0.15, 0.2) is 46.9 Å². The van der Waals surface area contributed by atoms with Crippen LogP contribution in [0.3, 0.4) is 0 Å². The fourth-order valence-corrected chi connectivity index (χ4v) is 2.85. The molecule has 2 aromatic rings. The molecule has 27 heavy (non-hydrogen) atoms. The van der Waals surface area contributed by atoms with E-state index in [9.17, 15) is 9.59 Å². The molecule has 0 N–H and O–H groups in total. The Morgan fingerprint density at radius 3 is 2.26 bits per heavy atom. The molecule has 2 rings (SSSR count). The Morgan fingerprint density at radius 2 is 1.63 bits per heavy atom. The van der Waals surface area contributed by atoms with Crippen molar-refractivity contribution in [3.63, 3.8) is 0 Å². The summed E-state index contributed by atoms with van der Waals surface area (Å²) in [6, 6.07) is 11.5. The number of hydrogen-bond donors (Lipinski definition) is 0. The molecule has 2 aromatic carbocycles. The molecule has 0 amide bonds. The van der Waals surface area contributed by atoms with Crippen LogP contribution >= 0.6 is 15.9 Å². The molecule has 0 radical (unpaired) electrons. The van der Waals surface area contributed by atoms with Gasteiger partial charge in [0.05, 0.1) is 29.3 Å². The Labute approximate surface area is 167 Å². The highest BCUT2D eigenvalue weighted by atomic mass is 79.9. The Morgan fingerprint density at radius 1 is 0.926 bits per heavy atom. The number of hydrogen-bond acceptors (Lipinski definition) is 5. The van der Waals surface area contributed by atoms with Crippen LogP contribution in [0.4, 0.5) is 0 Å². The second-order valence-electron chi connectivity index (χ2n) is 5.96. The van der Waals surface area contributed by atoms with Gasteiger partial charge in [-0.1, -0.05) is 26.2 Å². The summed E-state index contributed by atoms with van der Waals surface area (Å²) in [5, 5.41) is 0. The first-order valence-electron chi connectivity index (χ1n) is 8.88. The van der Waals surface area contributed by atoms with E-state index in [1.165, 1.54) is 26.0 Å². The number of halogens is 1. The third-order valence-corrected chi connectivity index (χ3v) is 4.53. The van der Waals surface area contributed by atoms with Crippen molar-refractivity contribution in [2.75, 3.05) is 13.7 Å². The monoisotopic (exact) mass is 434 g/mol. The minimum atomic E-state index is -0.490. The minimum Gasteiger partial charge on any atom is -0.494 e. The second-order valence-corrected chi connectivity index (χ2v) is 6.81. The van der Waals surface area contributed by atoms with Crippen LogP contribution in [0.25, 0.3) is 0 Å². The van der Waals surface area contributed by atoms with Gasteiger partial charge < -0.3 is 14.2 Å². The molecular weight excluding hydrogens is 412 g/mol. The highest BCUT2D eigenvalue weighted by Gasteiger charge is 2.14. The van der Waals surface area contributed by atoms with Crippen LogP contribution in [0, 0.1) is 0 Å². The Hall–Kier alpha value is -2.34. The maximum atomic E-state index is 12.3. The van der Waals surface area contributed by atoms with Crippen LogP contribution < -0.4 is 9.47 Å². The second kappa shape index (κ2) is 10.7. The first kappa shape index (κ1) is 21.0. The summed E-state index contributed by atoms with van der Waals surface area (Å²) in [6.45, 7) is 2.84. The zero-order valence-electron chi connectivity index (χ0n) is 15.5. The first-order valence-corrected chi connectivity index (χ1v) is 9.67. The van der Waals surface area contributed by atoms with Crippen LogP contribution in [0.5, 0.6) is 11.5 Å². The van der Waals surface area contributed by atoms with Gasteiger partial charge in [0.15, 0.2) is 0 Å². The molecule has 0 aromatic heterocycles. The largest absolute Gasteiger partial charge is 0.494 e. The van der Waals surface area contributed by atoms with Crippen LogP contribution in [-0.4, -0.2) is 25.7 Å².